The number of nitrogens with one attached hydrogen (secondary N) is 1. The Hall–Kier alpha value is -1.17. The zero-order valence-electron chi connectivity index (χ0n) is 9.50. The summed E-state index contributed by atoms with van der Waals surface area (Å²) in [6, 6.07) is 4.32. The molecule has 94 valence electrons. The molecule has 0 spiro atoms. The van der Waals surface area contributed by atoms with Crippen LogP contribution in [0.25, 0.3) is 0 Å². The van der Waals surface area contributed by atoms with Crippen molar-refractivity contribution in [3.8, 4) is 0 Å². The molecule has 0 bridgehead atoms. The second-order valence-electron chi connectivity index (χ2n) is 3.27. The Morgan fingerprint density at radius 2 is 2.12 bits per heavy atom. The molecule has 0 fully saturated rings. The molecule has 6 heteroatoms. The molecule has 0 aliphatic heterocycles. The van der Waals surface area contributed by atoms with Crippen LogP contribution < -0.4 is 5.32 Å². The predicted octanol–water partition coefficient (Wildman–Crippen LogP) is 1.71. The fourth-order valence-corrected chi connectivity index (χ4v) is 1.35. The maximum Gasteiger partial charge on any atom is 0.277 e. The van der Waals surface area contributed by atoms with E-state index in [1.165, 1.54) is 26.4 Å². The van der Waals surface area contributed by atoms with E-state index in [0.717, 1.165) is 0 Å². The third-order valence-electron chi connectivity index (χ3n) is 2.09. The Morgan fingerprint density at radius 3 is 2.65 bits per heavy atom. The maximum absolute atomic E-state index is 13.1. The molecular weight excluding hydrogens is 249 g/mol. The molecule has 0 radical (unpaired) electrons. The molecule has 0 unspecified atom stereocenters. The van der Waals surface area contributed by atoms with E-state index in [-0.39, 0.29) is 11.6 Å². The standard InChI is InChI=1S/C11H13ClFNO3/c1-16-11(17-2)10(15)14-6-7-3-4-8(12)9(13)5-7/h3-5,11H,6H2,1-2H3,(H,14,15). The van der Waals surface area contributed by atoms with Gasteiger partial charge in [0.05, 0.1) is 5.02 Å². The Morgan fingerprint density at radius 1 is 1.47 bits per heavy atom. The summed E-state index contributed by atoms with van der Waals surface area (Å²) in [7, 11) is 2.71. The van der Waals surface area contributed by atoms with Gasteiger partial charge >= 0.3 is 0 Å². The number of benzene rings is 1. The van der Waals surface area contributed by atoms with Crippen LogP contribution in [0.5, 0.6) is 0 Å². The number of methoxy groups -OCH3 is 2. The Bertz CT molecular complexity index is 396. The van der Waals surface area contributed by atoms with Crippen LogP contribution in [0.3, 0.4) is 0 Å². The van der Waals surface area contributed by atoms with Crippen molar-refractivity contribution in [2.75, 3.05) is 14.2 Å². The van der Waals surface area contributed by atoms with Gasteiger partial charge in [0.2, 0.25) is 6.29 Å². The fraction of sp³-hybridized carbons (Fsp3) is 0.364. The number of hydrogen-bond donors (Lipinski definition) is 1. The summed E-state index contributed by atoms with van der Waals surface area (Å²) in [6.45, 7) is 0.177. The van der Waals surface area contributed by atoms with Crippen LogP contribution in [0.15, 0.2) is 18.2 Å². The minimum absolute atomic E-state index is 0.0479. The second-order valence-corrected chi connectivity index (χ2v) is 3.68. The number of ether oxygens (including phenoxy) is 2. The summed E-state index contributed by atoms with van der Waals surface area (Å²) >= 11 is 5.54. The quantitative estimate of drug-likeness (QED) is 0.821. The largest absolute Gasteiger partial charge is 0.348 e. The van der Waals surface area contributed by atoms with Crippen molar-refractivity contribution >= 4 is 17.5 Å². The summed E-state index contributed by atoms with van der Waals surface area (Å²) in [5.74, 6) is -0.946. The van der Waals surface area contributed by atoms with Gasteiger partial charge in [0.1, 0.15) is 5.82 Å². The summed E-state index contributed by atoms with van der Waals surface area (Å²) in [6.07, 6.45) is -0.966. The van der Waals surface area contributed by atoms with Crippen molar-refractivity contribution in [1.82, 2.24) is 5.32 Å². The highest BCUT2D eigenvalue weighted by atomic mass is 35.5. The van der Waals surface area contributed by atoms with Gasteiger partial charge < -0.3 is 14.8 Å². The number of rotatable bonds is 5. The molecule has 0 saturated carbocycles. The first-order valence-electron chi connectivity index (χ1n) is 4.85. The van der Waals surface area contributed by atoms with E-state index in [2.05, 4.69) is 5.32 Å². The van der Waals surface area contributed by atoms with Crippen molar-refractivity contribution in [2.24, 2.45) is 0 Å². The number of carbonyl (C=O) groups excluding carboxylic acids is 1. The molecule has 0 atom stereocenters. The second kappa shape index (κ2) is 6.54. The van der Waals surface area contributed by atoms with Crippen LogP contribution in [0.4, 0.5) is 4.39 Å². The normalized spacial score (nSPS) is 10.6. The molecule has 1 rings (SSSR count). The van der Waals surface area contributed by atoms with Crippen LogP contribution in [-0.2, 0) is 20.8 Å². The van der Waals surface area contributed by atoms with Crippen LogP contribution in [-0.4, -0.2) is 26.4 Å². The van der Waals surface area contributed by atoms with E-state index < -0.39 is 18.0 Å². The van der Waals surface area contributed by atoms with Gasteiger partial charge in [-0.05, 0) is 17.7 Å². The van der Waals surface area contributed by atoms with Crippen LogP contribution >= 0.6 is 11.6 Å². The maximum atomic E-state index is 13.1. The van der Waals surface area contributed by atoms with Gasteiger partial charge in [-0.2, -0.15) is 0 Å². The minimum atomic E-state index is -0.966. The molecule has 0 aromatic heterocycles. The van der Waals surface area contributed by atoms with Gasteiger partial charge in [0.25, 0.3) is 5.91 Å². The lowest BCUT2D eigenvalue weighted by molar-refractivity contribution is -0.159. The van der Waals surface area contributed by atoms with Crippen molar-refractivity contribution < 1.29 is 18.7 Å². The highest BCUT2D eigenvalue weighted by Gasteiger charge is 2.15. The summed E-state index contributed by atoms with van der Waals surface area (Å²) in [5, 5.41) is 2.60. The molecule has 1 aromatic carbocycles. The van der Waals surface area contributed by atoms with Gasteiger partial charge in [-0.15, -0.1) is 0 Å². The van der Waals surface area contributed by atoms with E-state index in [1.54, 1.807) is 6.07 Å². The number of hydrogen-bond acceptors (Lipinski definition) is 3. The SMILES string of the molecule is COC(OC)C(=O)NCc1ccc(Cl)c(F)c1. The van der Waals surface area contributed by atoms with Crippen LogP contribution in [0, 0.1) is 5.82 Å². The molecule has 1 amide bonds. The van der Waals surface area contributed by atoms with E-state index in [1.807, 2.05) is 0 Å². The first-order chi connectivity index (χ1) is 8.08. The predicted molar refractivity (Wildman–Crippen MR) is 61.1 cm³/mol. The van der Waals surface area contributed by atoms with E-state index in [9.17, 15) is 9.18 Å². The zero-order valence-corrected chi connectivity index (χ0v) is 10.3. The zero-order chi connectivity index (χ0) is 12.8. The lowest BCUT2D eigenvalue weighted by Gasteiger charge is -2.13. The number of carbonyl (C=O) groups is 1. The van der Waals surface area contributed by atoms with Crippen molar-refractivity contribution in [3.05, 3.63) is 34.6 Å². The first-order valence-corrected chi connectivity index (χ1v) is 5.23. The monoisotopic (exact) mass is 261 g/mol. The van der Waals surface area contributed by atoms with Gasteiger partial charge in [0.15, 0.2) is 0 Å². The third kappa shape index (κ3) is 3.96. The minimum Gasteiger partial charge on any atom is -0.348 e. The molecule has 0 aliphatic carbocycles. The van der Waals surface area contributed by atoms with Gasteiger partial charge in [-0.1, -0.05) is 17.7 Å². The molecule has 0 heterocycles. The summed E-state index contributed by atoms with van der Waals surface area (Å²) < 4.78 is 22.6. The Labute approximate surface area is 104 Å². The molecule has 1 N–H and O–H groups in total. The van der Waals surface area contributed by atoms with Crippen molar-refractivity contribution in [3.63, 3.8) is 0 Å². The lowest BCUT2D eigenvalue weighted by atomic mass is 10.2. The lowest BCUT2D eigenvalue weighted by Crippen LogP contribution is -2.36. The number of amides is 1. The summed E-state index contributed by atoms with van der Waals surface area (Å²) in [5.41, 5.74) is 0.603. The van der Waals surface area contributed by atoms with Gasteiger partial charge in [0, 0.05) is 20.8 Å². The molecular formula is C11H13ClFNO3. The molecule has 0 aliphatic rings. The fourth-order valence-electron chi connectivity index (χ4n) is 1.23. The van der Waals surface area contributed by atoms with Crippen LogP contribution in [0.1, 0.15) is 5.56 Å². The third-order valence-corrected chi connectivity index (χ3v) is 2.40. The summed E-state index contributed by atoms with van der Waals surface area (Å²) in [4.78, 5) is 11.4. The van der Waals surface area contributed by atoms with Crippen molar-refractivity contribution in [1.29, 1.82) is 0 Å². The topological polar surface area (TPSA) is 47.6 Å². The Kier molecular flexibility index (Phi) is 5.34. The van der Waals surface area contributed by atoms with E-state index in [4.69, 9.17) is 21.1 Å². The first kappa shape index (κ1) is 13.9. The highest BCUT2D eigenvalue weighted by Crippen LogP contribution is 2.15. The average molecular weight is 262 g/mol. The van der Waals surface area contributed by atoms with Crippen molar-refractivity contribution in [2.45, 2.75) is 12.8 Å². The van der Waals surface area contributed by atoms with Crippen LogP contribution in [0.2, 0.25) is 5.02 Å². The Balaban J connectivity index is 2.55. The highest BCUT2D eigenvalue weighted by molar-refractivity contribution is 6.30. The molecule has 17 heavy (non-hydrogen) atoms. The molecule has 1 aromatic rings. The smallest absolute Gasteiger partial charge is 0.277 e. The van der Waals surface area contributed by atoms with Gasteiger partial charge in [-0.25, -0.2) is 4.39 Å². The molecule has 0 saturated heterocycles. The van der Waals surface area contributed by atoms with E-state index in [0.29, 0.717) is 5.56 Å². The number of halogens is 2. The molecule has 4 nitrogen and oxygen atoms in total. The van der Waals surface area contributed by atoms with E-state index >= 15 is 0 Å². The average Bonchev–Trinajstić information content (AvgIpc) is 2.32. The van der Waals surface area contributed by atoms with Gasteiger partial charge in [-0.3, -0.25) is 4.79 Å².